The highest BCUT2D eigenvalue weighted by Crippen LogP contribution is 2.44. The maximum absolute atomic E-state index is 13.3. The number of carboxylic acid groups (broad SMARTS) is 1. The highest BCUT2D eigenvalue weighted by atomic mass is 19.1. The summed E-state index contributed by atoms with van der Waals surface area (Å²) in [5.41, 5.74) is 0.272. The third-order valence-electron chi connectivity index (χ3n) is 4.72. The third kappa shape index (κ3) is 3.46. The van der Waals surface area contributed by atoms with Crippen molar-refractivity contribution in [3.8, 4) is 0 Å². The summed E-state index contributed by atoms with van der Waals surface area (Å²) in [5, 5.41) is 11.8. The normalized spacial score (nSPS) is 18.9. The zero-order valence-corrected chi connectivity index (χ0v) is 12.9. The highest BCUT2D eigenvalue weighted by molar-refractivity contribution is 5.84. The molecule has 1 fully saturated rings. The molecular formula is C17H22FNO3. The number of carbonyl (C=O) groups excluding carboxylic acids is 1. The Hall–Kier alpha value is -1.91. The average Bonchev–Trinajstić information content (AvgIpc) is 2.41. The molecule has 120 valence electrons. The van der Waals surface area contributed by atoms with Crippen LogP contribution in [0, 0.1) is 17.2 Å². The number of carbonyl (C=O) groups is 2. The Morgan fingerprint density at radius 3 is 2.55 bits per heavy atom. The van der Waals surface area contributed by atoms with Gasteiger partial charge in [-0.05, 0) is 50.8 Å². The molecule has 0 radical (unpaired) electrons. The van der Waals surface area contributed by atoms with Gasteiger partial charge in [0.25, 0.3) is 0 Å². The van der Waals surface area contributed by atoms with Crippen LogP contribution in [0.4, 0.5) is 4.39 Å². The number of nitrogens with one attached hydrogen (secondary N) is 1. The molecule has 0 heterocycles. The minimum atomic E-state index is -0.930. The fourth-order valence-electron chi connectivity index (χ4n) is 2.82. The number of halogens is 1. The molecule has 1 aromatic carbocycles. The van der Waals surface area contributed by atoms with Crippen molar-refractivity contribution in [3.63, 3.8) is 0 Å². The van der Waals surface area contributed by atoms with Gasteiger partial charge in [-0.1, -0.05) is 18.6 Å². The Labute approximate surface area is 129 Å². The first-order valence-corrected chi connectivity index (χ1v) is 7.62. The van der Waals surface area contributed by atoms with Crippen LogP contribution >= 0.6 is 0 Å². The monoisotopic (exact) mass is 307 g/mol. The molecule has 0 bridgehead atoms. The van der Waals surface area contributed by atoms with Crippen molar-refractivity contribution in [1.82, 2.24) is 5.32 Å². The van der Waals surface area contributed by atoms with Gasteiger partial charge in [-0.3, -0.25) is 9.59 Å². The molecule has 1 aromatic rings. The summed E-state index contributed by atoms with van der Waals surface area (Å²) in [4.78, 5) is 23.6. The lowest BCUT2D eigenvalue weighted by atomic mass is 9.64. The zero-order valence-electron chi connectivity index (χ0n) is 12.9. The number of rotatable bonds is 6. The van der Waals surface area contributed by atoms with E-state index in [1.54, 1.807) is 19.9 Å². The molecule has 22 heavy (non-hydrogen) atoms. The molecule has 0 aromatic heterocycles. The van der Waals surface area contributed by atoms with Gasteiger partial charge in [0.2, 0.25) is 5.91 Å². The molecule has 2 unspecified atom stereocenters. The number of hydrogen-bond donors (Lipinski definition) is 2. The van der Waals surface area contributed by atoms with Crippen LogP contribution in [0.25, 0.3) is 0 Å². The van der Waals surface area contributed by atoms with Crippen LogP contribution in [-0.4, -0.2) is 23.0 Å². The van der Waals surface area contributed by atoms with Crippen LogP contribution < -0.4 is 5.32 Å². The lowest BCUT2D eigenvalue weighted by Crippen LogP contribution is -2.51. The lowest BCUT2D eigenvalue weighted by Gasteiger charge is -2.41. The summed E-state index contributed by atoms with van der Waals surface area (Å²) in [5.74, 6) is -2.00. The minimum Gasteiger partial charge on any atom is -0.481 e. The largest absolute Gasteiger partial charge is 0.481 e. The van der Waals surface area contributed by atoms with E-state index in [1.807, 2.05) is 6.07 Å². The Bertz CT molecular complexity index is 569. The second-order valence-corrected chi connectivity index (χ2v) is 6.33. The predicted octanol–water partition coefficient (Wildman–Crippen LogP) is 2.76. The average molecular weight is 307 g/mol. The number of aliphatic carboxylic acids is 1. The van der Waals surface area contributed by atoms with Gasteiger partial charge in [0.15, 0.2) is 0 Å². The maximum atomic E-state index is 13.3. The van der Waals surface area contributed by atoms with Crippen molar-refractivity contribution in [2.45, 2.75) is 45.6 Å². The summed E-state index contributed by atoms with van der Waals surface area (Å²) in [6.07, 6.45) is 2.96. The molecule has 0 saturated heterocycles. The lowest BCUT2D eigenvalue weighted by molar-refractivity contribution is -0.143. The molecular weight excluding hydrogens is 285 g/mol. The number of carboxylic acids is 1. The Balaban J connectivity index is 2.06. The minimum absolute atomic E-state index is 0.122. The molecule has 1 amide bonds. The second-order valence-electron chi connectivity index (χ2n) is 6.33. The van der Waals surface area contributed by atoms with E-state index >= 15 is 0 Å². The van der Waals surface area contributed by atoms with Gasteiger partial charge in [-0.15, -0.1) is 0 Å². The third-order valence-corrected chi connectivity index (χ3v) is 4.72. The SMILES string of the molecule is CC(NC(=O)C1(Cc2cccc(F)c2)CCC1)C(C)C(=O)O. The van der Waals surface area contributed by atoms with E-state index in [1.165, 1.54) is 12.1 Å². The van der Waals surface area contributed by atoms with Crippen molar-refractivity contribution < 1.29 is 19.1 Å². The van der Waals surface area contributed by atoms with Crippen LogP contribution in [0.2, 0.25) is 0 Å². The Morgan fingerprint density at radius 1 is 1.36 bits per heavy atom. The molecule has 5 heteroatoms. The molecule has 2 rings (SSSR count). The van der Waals surface area contributed by atoms with E-state index in [9.17, 15) is 14.0 Å². The number of hydrogen-bond acceptors (Lipinski definition) is 2. The van der Waals surface area contributed by atoms with Gasteiger partial charge in [-0.2, -0.15) is 0 Å². The van der Waals surface area contributed by atoms with E-state index in [-0.39, 0.29) is 11.7 Å². The Kier molecular flexibility index (Phi) is 4.84. The van der Waals surface area contributed by atoms with Gasteiger partial charge >= 0.3 is 5.97 Å². The van der Waals surface area contributed by atoms with Crippen LogP contribution in [0.5, 0.6) is 0 Å². The molecule has 2 N–H and O–H groups in total. The summed E-state index contributed by atoms with van der Waals surface area (Å²) >= 11 is 0. The van der Waals surface area contributed by atoms with Gasteiger partial charge in [0.05, 0.1) is 11.3 Å². The van der Waals surface area contributed by atoms with Crippen molar-refractivity contribution in [1.29, 1.82) is 0 Å². The van der Waals surface area contributed by atoms with Gasteiger partial charge < -0.3 is 10.4 Å². The topological polar surface area (TPSA) is 66.4 Å². The van der Waals surface area contributed by atoms with Gasteiger partial charge in [-0.25, -0.2) is 4.39 Å². The van der Waals surface area contributed by atoms with E-state index < -0.39 is 23.3 Å². The maximum Gasteiger partial charge on any atom is 0.308 e. The van der Waals surface area contributed by atoms with Crippen LogP contribution in [0.1, 0.15) is 38.7 Å². The summed E-state index contributed by atoms with van der Waals surface area (Å²) in [6.45, 7) is 3.28. The van der Waals surface area contributed by atoms with Crippen molar-refractivity contribution in [2.24, 2.45) is 11.3 Å². The summed E-state index contributed by atoms with van der Waals surface area (Å²) in [7, 11) is 0. The predicted molar refractivity (Wildman–Crippen MR) is 80.8 cm³/mol. The first-order valence-electron chi connectivity index (χ1n) is 7.62. The fraction of sp³-hybridized carbons (Fsp3) is 0.529. The van der Waals surface area contributed by atoms with E-state index in [0.29, 0.717) is 6.42 Å². The quantitative estimate of drug-likeness (QED) is 0.849. The number of amides is 1. The molecule has 1 aliphatic rings. The Morgan fingerprint density at radius 2 is 2.05 bits per heavy atom. The highest BCUT2D eigenvalue weighted by Gasteiger charge is 2.44. The molecule has 2 atom stereocenters. The summed E-state index contributed by atoms with van der Waals surface area (Å²) < 4.78 is 13.3. The van der Waals surface area contributed by atoms with Gasteiger partial charge in [0, 0.05) is 6.04 Å². The first kappa shape index (κ1) is 16.5. The van der Waals surface area contributed by atoms with Crippen LogP contribution in [0.15, 0.2) is 24.3 Å². The van der Waals surface area contributed by atoms with E-state index in [4.69, 9.17) is 5.11 Å². The van der Waals surface area contributed by atoms with Crippen molar-refractivity contribution in [3.05, 3.63) is 35.6 Å². The van der Waals surface area contributed by atoms with E-state index in [2.05, 4.69) is 5.32 Å². The van der Waals surface area contributed by atoms with Crippen LogP contribution in [-0.2, 0) is 16.0 Å². The molecule has 0 spiro atoms. The number of benzene rings is 1. The van der Waals surface area contributed by atoms with Crippen molar-refractivity contribution >= 4 is 11.9 Å². The first-order chi connectivity index (χ1) is 10.3. The smallest absolute Gasteiger partial charge is 0.308 e. The second kappa shape index (κ2) is 6.46. The molecule has 0 aliphatic heterocycles. The fourth-order valence-corrected chi connectivity index (χ4v) is 2.82. The molecule has 4 nitrogen and oxygen atoms in total. The molecule has 1 saturated carbocycles. The zero-order chi connectivity index (χ0) is 16.3. The molecule has 1 aliphatic carbocycles. The van der Waals surface area contributed by atoms with Crippen LogP contribution in [0.3, 0.4) is 0 Å². The van der Waals surface area contributed by atoms with Gasteiger partial charge in [0.1, 0.15) is 5.82 Å². The van der Waals surface area contributed by atoms with Crippen molar-refractivity contribution in [2.75, 3.05) is 0 Å². The van der Waals surface area contributed by atoms with E-state index in [0.717, 1.165) is 24.8 Å². The standard InChI is InChI=1S/C17H22FNO3/c1-11(15(20)21)12(2)19-16(22)17(7-4-8-17)10-13-5-3-6-14(18)9-13/h3,5-6,9,11-12H,4,7-8,10H2,1-2H3,(H,19,22)(H,20,21). The summed E-state index contributed by atoms with van der Waals surface area (Å²) in [6, 6.07) is 5.86.